The molecule has 0 aliphatic carbocycles. The predicted octanol–water partition coefficient (Wildman–Crippen LogP) is 4.65. The van der Waals surface area contributed by atoms with E-state index in [4.69, 9.17) is 5.11 Å². The third-order valence-corrected chi connectivity index (χ3v) is 4.64. The lowest BCUT2D eigenvalue weighted by Gasteiger charge is -2.11. The Morgan fingerprint density at radius 1 is 0.941 bits per heavy atom. The van der Waals surface area contributed by atoms with Gasteiger partial charge in [-0.1, -0.05) is 24.3 Å². The van der Waals surface area contributed by atoms with E-state index in [-0.39, 0.29) is 17.7 Å². The summed E-state index contributed by atoms with van der Waals surface area (Å²) in [6.45, 7) is 1.66. The number of hydrogen-bond acceptors (Lipinski definition) is 6. The van der Waals surface area contributed by atoms with Crippen molar-refractivity contribution in [1.82, 2.24) is 0 Å². The molecule has 0 aliphatic rings. The fraction of sp³-hybridized carbons (Fsp3) is 0.208. The number of ether oxygens (including phenoxy) is 1. The number of carbonyl (C=O) groups is 3. The first-order valence-corrected chi connectivity index (χ1v) is 9.89. The van der Waals surface area contributed by atoms with Gasteiger partial charge in [0.1, 0.15) is 5.75 Å². The second-order valence-corrected chi connectivity index (χ2v) is 7.28. The minimum absolute atomic E-state index is 0.0705. The summed E-state index contributed by atoms with van der Waals surface area (Å²) in [5.74, 6) is -5.50. The molecule has 0 saturated heterocycles. The quantitative estimate of drug-likeness (QED) is 0.336. The average Bonchev–Trinajstić information content (AvgIpc) is 2.74. The first-order valence-electron chi connectivity index (χ1n) is 9.89. The Kier molecular flexibility index (Phi) is 8.60. The molecule has 3 N–H and O–H groups in total. The number of aliphatic carboxylic acids is 1. The molecule has 0 aromatic heterocycles. The van der Waals surface area contributed by atoms with E-state index >= 15 is 0 Å². The smallest absolute Gasteiger partial charge is 0.508 e. The van der Waals surface area contributed by atoms with E-state index < -0.39 is 47.7 Å². The molecule has 0 fully saturated rings. The van der Waals surface area contributed by atoms with Crippen molar-refractivity contribution in [3.8, 4) is 17.2 Å². The number of carboxylic acid groups (broad SMARTS) is 1. The highest BCUT2D eigenvalue weighted by Gasteiger charge is 2.32. The fourth-order valence-corrected chi connectivity index (χ4v) is 2.90. The normalized spacial score (nSPS) is 12.7. The summed E-state index contributed by atoms with van der Waals surface area (Å²) in [7, 11) is 0. The maximum atomic E-state index is 12.6. The van der Waals surface area contributed by atoms with Gasteiger partial charge in [0.25, 0.3) is 0 Å². The molecule has 0 aliphatic heterocycles. The lowest BCUT2D eigenvalue weighted by molar-refractivity contribution is -0.275. The second-order valence-electron chi connectivity index (χ2n) is 7.28. The van der Waals surface area contributed by atoms with Gasteiger partial charge < -0.3 is 20.1 Å². The number of hydrogen-bond donors (Lipinski definition) is 3. The molecule has 0 amide bonds. The van der Waals surface area contributed by atoms with Gasteiger partial charge >= 0.3 is 12.3 Å². The summed E-state index contributed by atoms with van der Waals surface area (Å²) in [4.78, 5) is 36.2. The minimum atomic E-state index is -5.04. The van der Waals surface area contributed by atoms with Crippen LogP contribution in [-0.2, 0) is 14.4 Å². The number of rotatable bonds is 10. The summed E-state index contributed by atoms with van der Waals surface area (Å²) in [6.07, 6.45) is -1.16. The van der Waals surface area contributed by atoms with Crippen LogP contribution in [0.4, 0.5) is 13.2 Å². The second kappa shape index (κ2) is 11.2. The SMILES string of the molecule is Cc1cc(/C=C/C(=O)C(CCC(=O)O)C(=O)/C=C/c2ccc(O)c(OC(F)(F)F)c2)ccc1O. The number of phenols is 2. The lowest BCUT2D eigenvalue weighted by Crippen LogP contribution is -2.22. The van der Waals surface area contributed by atoms with Gasteiger partial charge in [0.05, 0.1) is 5.92 Å². The van der Waals surface area contributed by atoms with Crippen molar-refractivity contribution < 1.29 is 47.6 Å². The number of carbonyl (C=O) groups excluding carboxylic acids is 2. The topological polar surface area (TPSA) is 121 Å². The van der Waals surface area contributed by atoms with Gasteiger partial charge in [-0.3, -0.25) is 14.4 Å². The Balaban J connectivity index is 2.22. The summed E-state index contributed by atoms with van der Waals surface area (Å²) >= 11 is 0. The molecule has 0 spiro atoms. The molecule has 34 heavy (non-hydrogen) atoms. The third-order valence-electron chi connectivity index (χ3n) is 4.64. The Hall–Kier alpha value is -4.08. The third kappa shape index (κ3) is 8.12. The summed E-state index contributed by atoms with van der Waals surface area (Å²) in [5, 5.41) is 28.0. The van der Waals surface area contributed by atoms with Crippen LogP contribution in [0, 0.1) is 12.8 Å². The van der Waals surface area contributed by atoms with Crippen LogP contribution in [-0.4, -0.2) is 39.2 Å². The number of phenolic OH excluding ortho intramolecular Hbond substituents is 2. The molecule has 2 aromatic rings. The highest BCUT2D eigenvalue weighted by atomic mass is 19.4. The first-order chi connectivity index (χ1) is 15.9. The molecule has 0 bridgehead atoms. The van der Waals surface area contributed by atoms with Crippen molar-refractivity contribution in [2.45, 2.75) is 26.1 Å². The molecular formula is C24H21F3O7. The van der Waals surface area contributed by atoms with E-state index in [0.717, 1.165) is 30.4 Å². The number of ketones is 2. The van der Waals surface area contributed by atoms with Crippen LogP contribution in [0.15, 0.2) is 48.6 Å². The highest BCUT2D eigenvalue weighted by Crippen LogP contribution is 2.32. The van der Waals surface area contributed by atoms with Gasteiger partial charge in [-0.05, 0) is 66.5 Å². The van der Waals surface area contributed by atoms with Crippen LogP contribution in [0.3, 0.4) is 0 Å². The Bertz CT molecular complexity index is 1130. The minimum Gasteiger partial charge on any atom is -0.508 e. The van der Waals surface area contributed by atoms with Crippen LogP contribution < -0.4 is 4.74 Å². The molecule has 0 radical (unpaired) electrons. The van der Waals surface area contributed by atoms with Crippen molar-refractivity contribution in [2.24, 2.45) is 5.92 Å². The average molecular weight is 478 g/mol. The fourth-order valence-electron chi connectivity index (χ4n) is 2.90. The highest BCUT2D eigenvalue weighted by molar-refractivity contribution is 6.13. The van der Waals surface area contributed by atoms with E-state index in [1.165, 1.54) is 18.2 Å². The Labute approximate surface area is 192 Å². The number of allylic oxidation sites excluding steroid dienone is 2. The van der Waals surface area contributed by atoms with Gasteiger partial charge in [0.15, 0.2) is 23.1 Å². The first kappa shape index (κ1) is 26.2. The maximum Gasteiger partial charge on any atom is 0.573 e. The molecule has 1 unspecified atom stereocenters. The van der Waals surface area contributed by atoms with E-state index in [0.29, 0.717) is 11.1 Å². The number of halogens is 3. The Morgan fingerprint density at radius 2 is 1.47 bits per heavy atom. The molecule has 10 heteroatoms. The monoisotopic (exact) mass is 478 g/mol. The van der Waals surface area contributed by atoms with Crippen molar-refractivity contribution in [3.05, 3.63) is 65.2 Å². The summed E-state index contributed by atoms with van der Waals surface area (Å²) in [5.41, 5.74) is 1.22. The largest absolute Gasteiger partial charge is 0.573 e. The van der Waals surface area contributed by atoms with Gasteiger partial charge in [0.2, 0.25) is 0 Å². The molecular weight excluding hydrogens is 457 g/mol. The number of carboxylic acids is 1. The molecule has 180 valence electrons. The van der Waals surface area contributed by atoms with Crippen molar-refractivity contribution in [2.75, 3.05) is 0 Å². The summed E-state index contributed by atoms with van der Waals surface area (Å²) < 4.78 is 41.0. The number of benzene rings is 2. The van der Waals surface area contributed by atoms with Crippen LogP contribution in [0.2, 0.25) is 0 Å². The van der Waals surface area contributed by atoms with Crippen molar-refractivity contribution in [1.29, 1.82) is 0 Å². The summed E-state index contributed by atoms with van der Waals surface area (Å²) in [6, 6.07) is 7.62. The van der Waals surface area contributed by atoms with Gasteiger partial charge in [-0.2, -0.15) is 0 Å². The van der Waals surface area contributed by atoms with E-state index in [1.807, 2.05) is 0 Å². The lowest BCUT2D eigenvalue weighted by atomic mass is 9.92. The maximum absolute atomic E-state index is 12.6. The van der Waals surface area contributed by atoms with Gasteiger partial charge in [0, 0.05) is 6.42 Å². The molecule has 1 atom stereocenters. The van der Waals surface area contributed by atoms with Crippen LogP contribution in [0.1, 0.15) is 29.5 Å². The number of aryl methyl sites for hydroxylation is 1. The predicted molar refractivity (Wildman–Crippen MR) is 116 cm³/mol. The zero-order valence-corrected chi connectivity index (χ0v) is 17.9. The van der Waals surface area contributed by atoms with Crippen molar-refractivity contribution in [3.63, 3.8) is 0 Å². The molecule has 2 rings (SSSR count). The van der Waals surface area contributed by atoms with E-state index in [9.17, 15) is 37.8 Å². The number of alkyl halides is 3. The number of aromatic hydroxyl groups is 2. The van der Waals surface area contributed by atoms with Crippen LogP contribution in [0.5, 0.6) is 17.2 Å². The molecule has 7 nitrogen and oxygen atoms in total. The standard InChI is InChI=1S/C24H21F3O7/c1-14-12-15(2-7-18(14)28)3-8-19(29)17(6-11-23(32)33)20(30)9-4-16-5-10-21(31)22(13-16)34-24(25,26)27/h2-5,7-10,12-13,17,28,31H,6,11H2,1H3,(H,32,33)/b8-3+,9-4+. The molecule has 0 saturated carbocycles. The van der Waals surface area contributed by atoms with Gasteiger partial charge in [-0.15, -0.1) is 13.2 Å². The Morgan fingerprint density at radius 3 is 1.97 bits per heavy atom. The van der Waals surface area contributed by atoms with Gasteiger partial charge in [-0.25, -0.2) is 0 Å². The zero-order valence-electron chi connectivity index (χ0n) is 17.9. The van der Waals surface area contributed by atoms with Crippen molar-refractivity contribution >= 4 is 29.7 Å². The van der Waals surface area contributed by atoms with E-state index in [2.05, 4.69) is 4.74 Å². The molecule has 0 heterocycles. The zero-order chi connectivity index (χ0) is 25.5. The van der Waals surface area contributed by atoms with Crippen LogP contribution >= 0.6 is 0 Å². The molecule has 2 aromatic carbocycles. The van der Waals surface area contributed by atoms with E-state index in [1.54, 1.807) is 19.1 Å². The van der Waals surface area contributed by atoms with Crippen LogP contribution in [0.25, 0.3) is 12.2 Å².